The Morgan fingerprint density at radius 2 is 2.16 bits per heavy atom. The van der Waals surface area contributed by atoms with Gasteiger partial charge in [0.2, 0.25) is 0 Å². The van der Waals surface area contributed by atoms with Crippen LogP contribution in [-0.4, -0.2) is 18.1 Å². The SMILES string of the molecule is CCOC(=O)c1cc(SC(F)(F)F)c(C#N)cc1S. The van der Waals surface area contributed by atoms with E-state index in [2.05, 4.69) is 12.6 Å². The Hall–Kier alpha value is -1.33. The van der Waals surface area contributed by atoms with Crippen LogP contribution in [0, 0.1) is 11.3 Å². The van der Waals surface area contributed by atoms with E-state index < -0.39 is 23.2 Å². The van der Waals surface area contributed by atoms with Crippen molar-refractivity contribution in [2.45, 2.75) is 22.2 Å². The zero-order chi connectivity index (χ0) is 14.6. The van der Waals surface area contributed by atoms with Crippen LogP contribution < -0.4 is 0 Å². The Balaban J connectivity index is 3.26. The Bertz CT molecular complexity index is 538. The van der Waals surface area contributed by atoms with Crippen LogP contribution in [0.1, 0.15) is 22.8 Å². The highest BCUT2D eigenvalue weighted by Crippen LogP contribution is 2.39. The minimum atomic E-state index is -4.55. The number of thiol groups is 1. The minimum absolute atomic E-state index is 0.0911. The number of rotatable bonds is 3. The van der Waals surface area contributed by atoms with Crippen molar-refractivity contribution in [1.82, 2.24) is 0 Å². The van der Waals surface area contributed by atoms with Crippen molar-refractivity contribution in [1.29, 1.82) is 5.26 Å². The van der Waals surface area contributed by atoms with Crippen molar-refractivity contribution < 1.29 is 22.7 Å². The molecule has 8 heteroatoms. The summed E-state index contributed by atoms with van der Waals surface area (Å²) in [5, 5.41) is 8.79. The number of halogens is 3. The van der Waals surface area contributed by atoms with E-state index in [1.165, 1.54) is 0 Å². The van der Waals surface area contributed by atoms with Crippen LogP contribution in [-0.2, 0) is 4.74 Å². The second kappa shape index (κ2) is 6.21. The van der Waals surface area contributed by atoms with Crippen LogP contribution in [0.3, 0.4) is 0 Å². The second-order valence-corrected chi connectivity index (χ2v) is 4.83. The number of nitrogens with zero attached hydrogens (tertiary/aromatic N) is 1. The molecule has 0 saturated carbocycles. The summed E-state index contributed by atoms with van der Waals surface area (Å²) in [6.45, 7) is 1.67. The van der Waals surface area contributed by atoms with Gasteiger partial charge in [-0.2, -0.15) is 18.4 Å². The van der Waals surface area contributed by atoms with Crippen molar-refractivity contribution in [3.8, 4) is 6.07 Å². The van der Waals surface area contributed by atoms with Gasteiger partial charge in [-0.3, -0.25) is 0 Å². The van der Waals surface area contributed by atoms with Gasteiger partial charge in [0.1, 0.15) is 6.07 Å². The number of nitriles is 1. The second-order valence-electron chi connectivity index (χ2n) is 3.25. The monoisotopic (exact) mass is 307 g/mol. The summed E-state index contributed by atoms with van der Waals surface area (Å²) in [5.74, 6) is -0.777. The van der Waals surface area contributed by atoms with Crippen LogP contribution in [0.25, 0.3) is 0 Å². The number of esters is 1. The van der Waals surface area contributed by atoms with Crippen molar-refractivity contribution >= 4 is 30.4 Å². The lowest BCUT2D eigenvalue weighted by Gasteiger charge is -2.11. The summed E-state index contributed by atoms with van der Waals surface area (Å²) in [6.07, 6.45) is 0. The van der Waals surface area contributed by atoms with Crippen molar-refractivity contribution in [3.05, 3.63) is 23.3 Å². The van der Waals surface area contributed by atoms with Crippen molar-refractivity contribution in [2.75, 3.05) is 6.61 Å². The van der Waals surface area contributed by atoms with Gasteiger partial charge in [0.15, 0.2) is 0 Å². The number of carbonyl (C=O) groups excluding carboxylic acids is 1. The van der Waals surface area contributed by atoms with Gasteiger partial charge < -0.3 is 4.74 Å². The van der Waals surface area contributed by atoms with Crippen LogP contribution in [0.5, 0.6) is 0 Å². The summed E-state index contributed by atoms with van der Waals surface area (Å²) < 4.78 is 41.8. The number of carbonyl (C=O) groups is 1. The maximum Gasteiger partial charge on any atom is 0.446 e. The lowest BCUT2D eigenvalue weighted by atomic mass is 10.1. The lowest BCUT2D eigenvalue weighted by Crippen LogP contribution is -2.07. The number of hydrogen-bond acceptors (Lipinski definition) is 5. The summed E-state index contributed by atoms with van der Waals surface area (Å²) in [4.78, 5) is 11.3. The van der Waals surface area contributed by atoms with E-state index in [-0.39, 0.29) is 27.5 Å². The molecule has 0 heterocycles. The summed E-state index contributed by atoms with van der Waals surface area (Å²) in [6, 6.07) is 3.72. The highest BCUT2D eigenvalue weighted by atomic mass is 32.2. The number of benzene rings is 1. The number of ether oxygens (including phenoxy) is 1. The molecule has 102 valence electrons. The molecule has 0 fully saturated rings. The third kappa shape index (κ3) is 4.36. The summed E-state index contributed by atoms with van der Waals surface area (Å²) in [7, 11) is 0. The molecule has 0 aliphatic carbocycles. The smallest absolute Gasteiger partial charge is 0.446 e. The maximum atomic E-state index is 12.4. The minimum Gasteiger partial charge on any atom is -0.462 e. The molecule has 1 rings (SSSR count). The van der Waals surface area contributed by atoms with E-state index in [9.17, 15) is 18.0 Å². The van der Waals surface area contributed by atoms with Crippen LogP contribution >= 0.6 is 24.4 Å². The lowest BCUT2D eigenvalue weighted by molar-refractivity contribution is -0.0328. The molecule has 0 unspecified atom stereocenters. The van der Waals surface area contributed by atoms with Gasteiger partial charge in [-0.1, -0.05) is 0 Å². The quantitative estimate of drug-likeness (QED) is 0.526. The third-order valence-corrected chi connectivity index (χ3v) is 3.10. The van der Waals surface area contributed by atoms with Crippen LogP contribution in [0.4, 0.5) is 13.2 Å². The molecule has 1 aromatic rings. The van der Waals surface area contributed by atoms with Gasteiger partial charge in [-0.25, -0.2) is 4.79 Å². The molecular weight excluding hydrogens is 299 g/mol. The topological polar surface area (TPSA) is 50.1 Å². The molecule has 0 amide bonds. The highest BCUT2D eigenvalue weighted by Gasteiger charge is 2.31. The van der Waals surface area contributed by atoms with Gasteiger partial charge in [-0.05, 0) is 30.8 Å². The third-order valence-electron chi connectivity index (χ3n) is 1.94. The van der Waals surface area contributed by atoms with E-state index in [4.69, 9.17) is 10.00 Å². The zero-order valence-corrected chi connectivity index (χ0v) is 11.3. The van der Waals surface area contributed by atoms with E-state index in [0.717, 1.165) is 12.1 Å². The average Bonchev–Trinajstić information content (AvgIpc) is 2.29. The highest BCUT2D eigenvalue weighted by molar-refractivity contribution is 8.00. The largest absolute Gasteiger partial charge is 0.462 e. The van der Waals surface area contributed by atoms with E-state index in [0.29, 0.717) is 0 Å². The Morgan fingerprint density at radius 1 is 1.53 bits per heavy atom. The first-order valence-electron chi connectivity index (χ1n) is 4.98. The molecule has 0 spiro atoms. The molecule has 0 aliphatic rings. The molecule has 0 radical (unpaired) electrons. The molecular formula is C11H8F3NO2S2. The Labute approximate surface area is 117 Å². The fourth-order valence-corrected chi connectivity index (χ4v) is 2.16. The fourth-order valence-electron chi connectivity index (χ4n) is 1.24. The van der Waals surface area contributed by atoms with Gasteiger partial charge >= 0.3 is 11.5 Å². The van der Waals surface area contributed by atoms with Gasteiger partial charge in [0.25, 0.3) is 0 Å². The first-order chi connectivity index (χ1) is 8.78. The molecule has 0 aromatic heterocycles. The predicted octanol–water partition coefficient (Wildman–Crippen LogP) is 3.64. The molecule has 0 bridgehead atoms. The molecule has 3 nitrogen and oxygen atoms in total. The molecule has 0 aliphatic heterocycles. The predicted molar refractivity (Wildman–Crippen MR) is 66.3 cm³/mol. The van der Waals surface area contributed by atoms with Gasteiger partial charge in [0, 0.05) is 9.79 Å². The molecule has 1 aromatic carbocycles. The summed E-state index contributed by atoms with van der Waals surface area (Å²) >= 11 is 3.52. The van der Waals surface area contributed by atoms with E-state index in [1.54, 1.807) is 13.0 Å². The van der Waals surface area contributed by atoms with Gasteiger partial charge in [0.05, 0.1) is 17.7 Å². The van der Waals surface area contributed by atoms with Gasteiger partial charge in [-0.15, -0.1) is 12.6 Å². The molecule has 0 atom stereocenters. The van der Waals surface area contributed by atoms with Crippen LogP contribution in [0.15, 0.2) is 21.9 Å². The van der Waals surface area contributed by atoms with Crippen molar-refractivity contribution in [3.63, 3.8) is 0 Å². The standard InChI is InChI=1S/C11H8F3NO2S2/c1-2-17-10(16)7-4-9(19-11(12,13)14)6(5-15)3-8(7)18/h3-4,18H,2H2,1H3. The Kier molecular flexibility index (Phi) is 5.14. The first kappa shape index (κ1) is 15.7. The number of hydrogen-bond donors (Lipinski definition) is 1. The number of alkyl halides is 3. The van der Waals surface area contributed by atoms with Crippen molar-refractivity contribution in [2.24, 2.45) is 0 Å². The normalized spacial score (nSPS) is 10.9. The van der Waals surface area contributed by atoms with E-state index in [1.807, 2.05) is 0 Å². The molecule has 19 heavy (non-hydrogen) atoms. The number of thioether (sulfide) groups is 1. The fraction of sp³-hybridized carbons (Fsp3) is 0.273. The van der Waals surface area contributed by atoms with Crippen LogP contribution in [0.2, 0.25) is 0 Å². The Morgan fingerprint density at radius 3 is 2.63 bits per heavy atom. The first-order valence-corrected chi connectivity index (χ1v) is 6.24. The zero-order valence-electron chi connectivity index (χ0n) is 9.61. The molecule has 0 saturated heterocycles. The molecule has 0 N–H and O–H groups in total. The average molecular weight is 307 g/mol. The summed E-state index contributed by atoms with van der Waals surface area (Å²) in [5.41, 5.74) is -4.84. The van der Waals surface area contributed by atoms with E-state index >= 15 is 0 Å². The maximum absolute atomic E-state index is 12.4.